The zero-order valence-electron chi connectivity index (χ0n) is 15.4. The van der Waals surface area contributed by atoms with Gasteiger partial charge >= 0.3 is 0 Å². The fourth-order valence-electron chi connectivity index (χ4n) is 2.21. The predicted molar refractivity (Wildman–Crippen MR) is 122 cm³/mol. The molecule has 6 nitrogen and oxygen atoms in total. The zero-order valence-corrected chi connectivity index (χ0v) is 19.7. The predicted octanol–water partition coefficient (Wildman–Crippen LogP) is 4.46. The van der Waals surface area contributed by atoms with Gasteiger partial charge in [0.25, 0.3) is 5.91 Å². The van der Waals surface area contributed by atoms with Crippen LogP contribution in [0.15, 0.2) is 35.4 Å². The van der Waals surface area contributed by atoms with Crippen LogP contribution >= 0.6 is 45.2 Å². The van der Waals surface area contributed by atoms with E-state index in [0.717, 1.165) is 18.5 Å². The number of ether oxygens (including phenoxy) is 3. The Morgan fingerprint density at radius 1 is 1.11 bits per heavy atom. The number of rotatable bonds is 7. The molecule has 1 N–H and O–H groups in total. The summed E-state index contributed by atoms with van der Waals surface area (Å²) in [6.07, 6.45) is 1.70. The topological polar surface area (TPSA) is 69.2 Å². The monoisotopic (exact) mass is 594 g/mol. The van der Waals surface area contributed by atoms with Gasteiger partial charge in [-0.2, -0.15) is 5.10 Å². The average Bonchev–Trinajstić information content (AvgIpc) is 2.63. The minimum Gasteiger partial charge on any atom is -0.497 e. The lowest BCUT2D eigenvalue weighted by Crippen LogP contribution is -2.18. The highest BCUT2D eigenvalue weighted by molar-refractivity contribution is 14.1. The van der Waals surface area contributed by atoms with Crippen molar-refractivity contribution in [3.8, 4) is 17.2 Å². The first-order chi connectivity index (χ1) is 12.8. The van der Waals surface area contributed by atoms with Crippen molar-refractivity contribution in [2.45, 2.75) is 20.0 Å². The molecular formula is C19H20I2N2O4. The maximum Gasteiger partial charge on any atom is 0.275 e. The second-order valence-corrected chi connectivity index (χ2v) is 8.07. The number of hydrazone groups is 1. The Kier molecular flexibility index (Phi) is 8.14. The molecule has 8 heteroatoms. The van der Waals surface area contributed by atoms with Crippen LogP contribution in [0.5, 0.6) is 17.2 Å². The van der Waals surface area contributed by atoms with E-state index in [1.54, 1.807) is 31.5 Å². The molecule has 0 saturated heterocycles. The van der Waals surface area contributed by atoms with Crippen molar-refractivity contribution in [2.75, 3.05) is 14.2 Å². The summed E-state index contributed by atoms with van der Waals surface area (Å²) in [6.45, 7) is 3.98. The third-order valence-corrected chi connectivity index (χ3v) is 5.01. The number of amides is 1. The molecule has 0 heterocycles. The van der Waals surface area contributed by atoms with Crippen molar-refractivity contribution in [3.63, 3.8) is 0 Å². The molecule has 0 radical (unpaired) electrons. The van der Waals surface area contributed by atoms with Crippen molar-refractivity contribution in [3.05, 3.63) is 48.6 Å². The fraction of sp³-hybridized carbons (Fsp3) is 0.263. The maximum atomic E-state index is 12.4. The van der Waals surface area contributed by atoms with E-state index in [-0.39, 0.29) is 12.0 Å². The second kappa shape index (κ2) is 10.1. The SMILES string of the molecule is COc1ccc(C(=O)N/N=C\c2cc(I)c(OC(C)C)c(I)c2)c(OC)c1. The first-order valence-electron chi connectivity index (χ1n) is 8.06. The molecule has 0 fully saturated rings. The van der Waals surface area contributed by atoms with Crippen LogP contribution in [0, 0.1) is 7.14 Å². The minimum absolute atomic E-state index is 0.102. The van der Waals surface area contributed by atoms with Crippen molar-refractivity contribution in [1.82, 2.24) is 5.43 Å². The fourth-order valence-corrected chi connectivity index (χ4v) is 4.28. The van der Waals surface area contributed by atoms with Gasteiger partial charge in [0.1, 0.15) is 17.2 Å². The average molecular weight is 594 g/mol. The van der Waals surface area contributed by atoms with Crippen LogP contribution in [0.25, 0.3) is 0 Å². The van der Waals surface area contributed by atoms with Gasteiger partial charge in [-0.05, 0) is 88.9 Å². The number of hydrogen-bond acceptors (Lipinski definition) is 5. The van der Waals surface area contributed by atoms with Gasteiger partial charge in [-0.25, -0.2) is 5.43 Å². The van der Waals surface area contributed by atoms with Crippen LogP contribution in [-0.4, -0.2) is 32.4 Å². The van der Waals surface area contributed by atoms with Gasteiger partial charge in [-0.1, -0.05) is 0 Å². The molecule has 144 valence electrons. The van der Waals surface area contributed by atoms with Crippen LogP contribution < -0.4 is 19.6 Å². The molecule has 0 saturated carbocycles. The first-order valence-corrected chi connectivity index (χ1v) is 10.2. The number of benzene rings is 2. The Balaban J connectivity index is 2.12. The van der Waals surface area contributed by atoms with E-state index in [1.165, 1.54) is 7.11 Å². The van der Waals surface area contributed by atoms with E-state index < -0.39 is 0 Å². The zero-order chi connectivity index (χ0) is 20.0. The van der Waals surface area contributed by atoms with Crippen molar-refractivity contribution >= 4 is 57.3 Å². The number of methoxy groups -OCH3 is 2. The summed E-state index contributed by atoms with van der Waals surface area (Å²) in [4.78, 5) is 12.4. The number of nitrogens with one attached hydrogen (secondary N) is 1. The Morgan fingerprint density at radius 3 is 2.33 bits per heavy atom. The lowest BCUT2D eigenvalue weighted by atomic mass is 10.2. The molecular weight excluding hydrogens is 574 g/mol. The Hall–Kier alpha value is -1.56. The highest BCUT2D eigenvalue weighted by atomic mass is 127. The van der Waals surface area contributed by atoms with Crippen LogP contribution in [-0.2, 0) is 0 Å². The molecule has 0 aliphatic carbocycles. The van der Waals surface area contributed by atoms with Gasteiger partial charge in [0, 0.05) is 6.07 Å². The second-order valence-electron chi connectivity index (χ2n) is 5.75. The number of hydrogen-bond donors (Lipinski definition) is 1. The van der Waals surface area contributed by atoms with E-state index in [9.17, 15) is 4.79 Å². The highest BCUT2D eigenvalue weighted by Crippen LogP contribution is 2.29. The molecule has 1 amide bonds. The molecule has 0 unspecified atom stereocenters. The van der Waals surface area contributed by atoms with Gasteiger partial charge in [0.15, 0.2) is 0 Å². The lowest BCUT2D eigenvalue weighted by Gasteiger charge is -2.14. The Labute approximate surface area is 185 Å². The highest BCUT2D eigenvalue weighted by Gasteiger charge is 2.13. The van der Waals surface area contributed by atoms with Crippen LogP contribution in [0.2, 0.25) is 0 Å². The summed E-state index contributed by atoms with van der Waals surface area (Å²) in [5, 5.41) is 4.05. The molecule has 27 heavy (non-hydrogen) atoms. The largest absolute Gasteiger partial charge is 0.497 e. The standard InChI is InChI=1S/C19H20I2N2O4/c1-11(2)27-18-15(20)7-12(8-16(18)21)10-22-23-19(24)14-6-5-13(25-3)9-17(14)26-4/h5-11H,1-4H3,(H,23,24)/b22-10-. The summed E-state index contributed by atoms with van der Waals surface area (Å²) < 4.78 is 18.2. The molecule has 0 aliphatic heterocycles. The smallest absolute Gasteiger partial charge is 0.275 e. The van der Waals surface area contributed by atoms with Crippen molar-refractivity contribution < 1.29 is 19.0 Å². The van der Waals surface area contributed by atoms with Crippen LogP contribution in [0.4, 0.5) is 0 Å². The summed E-state index contributed by atoms with van der Waals surface area (Å²) in [7, 11) is 3.05. The van der Waals surface area contributed by atoms with Gasteiger partial charge < -0.3 is 14.2 Å². The molecule has 0 bridgehead atoms. The van der Waals surface area contributed by atoms with E-state index in [1.807, 2.05) is 26.0 Å². The molecule has 0 atom stereocenters. The van der Waals surface area contributed by atoms with Crippen LogP contribution in [0.1, 0.15) is 29.8 Å². The summed E-state index contributed by atoms with van der Waals surface area (Å²) in [6, 6.07) is 8.87. The van der Waals surface area contributed by atoms with E-state index in [2.05, 4.69) is 55.7 Å². The molecule has 0 aliphatic rings. The summed E-state index contributed by atoms with van der Waals surface area (Å²) in [5.74, 6) is 1.52. The Bertz CT molecular complexity index is 831. The third-order valence-electron chi connectivity index (χ3n) is 3.41. The van der Waals surface area contributed by atoms with Crippen molar-refractivity contribution in [1.29, 1.82) is 0 Å². The van der Waals surface area contributed by atoms with Gasteiger partial charge in [0.2, 0.25) is 0 Å². The minimum atomic E-state index is -0.366. The lowest BCUT2D eigenvalue weighted by molar-refractivity contribution is 0.0952. The quantitative estimate of drug-likeness (QED) is 0.292. The number of halogens is 2. The van der Waals surface area contributed by atoms with Crippen molar-refractivity contribution in [2.24, 2.45) is 5.10 Å². The van der Waals surface area contributed by atoms with E-state index in [0.29, 0.717) is 17.1 Å². The molecule has 0 spiro atoms. The van der Waals surface area contributed by atoms with Gasteiger partial charge in [-0.3, -0.25) is 4.79 Å². The van der Waals surface area contributed by atoms with Crippen LogP contribution in [0.3, 0.4) is 0 Å². The molecule has 2 aromatic carbocycles. The molecule has 0 aromatic heterocycles. The number of nitrogens with zero attached hydrogens (tertiary/aromatic N) is 1. The third kappa shape index (κ3) is 5.96. The molecule has 2 rings (SSSR count). The molecule has 2 aromatic rings. The number of carbonyl (C=O) groups is 1. The summed E-state index contributed by atoms with van der Waals surface area (Å²) in [5.41, 5.74) is 3.76. The van der Waals surface area contributed by atoms with Gasteiger partial charge in [-0.15, -0.1) is 0 Å². The summed E-state index contributed by atoms with van der Waals surface area (Å²) >= 11 is 4.46. The Morgan fingerprint density at radius 2 is 1.78 bits per heavy atom. The maximum absolute atomic E-state index is 12.4. The van der Waals surface area contributed by atoms with E-state index in [4.69, 9.17) is 14.2 Å². The number of carbonyl (C=O) groups excluding carboxylic acids is 1. The normalized spacial score (nSPS) is 10.9. The first kappa shape index (κ1) is 21.7. The van der Waals surface area contributed by atoms with E-state index >= 15 is 0 Å². The van der Waals surface area contributed by atoms with Gasteiger partial charge in [0.05, 0.1) is 39.2 Å².